The molecule has 0 aliphatic carbocycles. The molecule has 1 N–H and O–H groups in total. The second-order valence-corrected chi connectivity index (χ2v) is 8.48. The van der Waals surface area contributed by atoms with Gasteiger partial charge in [-0.25, -0.2) is 13.4 Å². The Hall–Kier alpha value is -2.61. The van der Waals surface area contributed by atoms with Crippen LogP contribution in [0.4, 0.5) is 11.5 Å². The van der Waals surface area contributed by atoms with Gasteiger partial charge in [-0.05, 0) is 42.8 Å². The molecule has 0 spiro atoms. The van der Waals surface area contributed by atoms with E-state index in [4.69, 9.17) is 4.74 Å². The number of sulfone groups is 1. The van der Waals surface area contributed by atoms with Gasteiger partial charge < -0.3 is 15.0 Å². The number of rotatable bonds is 5. The van der Waals surface area contributed by atoms with E-state index in [1.165, 1.54) is 0 Å². The molecule has 1 aromatic heterocycles. The van der Waals surface area contributed by atoms with E-state index in [2.05, 4.69) is 10.3 Å². The van der Waals surface area contributed by atoms with Crippen molar-refractivity contribution in [2.24, 2.45) is 0 Å². The van der Waals surface area contributed by atoms with Gasteiger partial charge in [0.15, 0.2) is 9.84 Å². The summed E-state index contributed by atoms with van der Waals surface area (Å²) < 4.78 is 28.5. The third kappa shape index (κ3) is 4.13. The summed E-state index contributed by atoms with van der Waals surface area (Å²) in [6.45, 7) is 0. The Morgan fingerprint density at radius 1 is 1.27 bits per heavy atom. The minimum atomic E-state index is -2.98. The molecule has 1 amide bonds. The van der Waals surface area contributed by atoms with E-state index in [0.29, 0.717) is 29.2 Å². The van der Waals surface area contributed by atoms with Gasteiger partial charge >= 0.3 is 0 Å². The molecule has 8 heteroatoms. The number of hydrogen-bond donors (Lipinski definition) is 1. The highest BCUT2D eigenvalue weighted by Gasteiger charge is 2.31. The molecule has 1 aliphatic rings. The van der Waals surface area contributed by atoms with Crippen molar-refractivity contribution < 1.29 is 17.9 Å². The molecule has 7 nitrogen and oxygen atoms in total. The van der Waals surface area contributed by atoms with Crippen molar-refractivity contribution in [2.75, 3.05) is 35.9 Å². The van der Waals surface area contributed by atoms with Crippen LogP contribution in [-0.4, -0.2) is 51.0 Å². The van der Waals surface area contributed by atoms with Gasteiger partial charge in [-0.2, -0.15) is 0 Å². The first kappa shape index (κ1) is 18.2. The number of nitrogens with one attached hydrogen (secondary N) is 1. The lowest BCUT2D eigenvalue weighted by molar-refractivity contribution is 0.102. The fourth-order valence-corrected chi connectivity index (χ4v) is 4.67. The zero-order valence-electron chi connectivity index (χ0n) is 14.7. The summed E-state index contributed by atoms with van der Waals surface area (Å²) in [5, 5.41) is 2.82. The Morgan fingerprint density at radius 2 is 2.00 bits per heavy atom. The van der Waals surface area contributed by atoms with Crippen molar-refractivity contribution in [3.05, 3.63) is 48.2 Å². The summed E-state index contributed by atoms with van der Waals surface area (Å²) in [7, 11) is 0.406. The highest BCUT2D eigenvalue weighted by atomic mass is 32.2. The second-order valence-electron chi connectivity index (χ2n) is 6.25. The highest BCUT2D eigenvalue weighted by molar-refractivity contribution is 7.91. The Labute approximate surface area is 152 Å². The first-order valence-electron chi connectivity index (χ1n) is 8.23. The van der Waals surface area contributed by atoms with E-state index in [-0.39, 0.29) is 23.5 Å². The summed E-state index contributed by atoms with van der Waals surface area (Å²) in [4.78, 5) is 18.6. The fraction of sp³-hybridized carbons (Fsp3) is 0.333. The lowest BCUT2D eigenvalue weighted by Gasteiger charge is -2.24. The van der Waals surface area contributed by atoms with Gasteiger partial charge in [0.1, 0.15) is 11.6 Å². The minimum absolute atomic E-state index is 0.118. The predicted octanol–water partition coefficient (Wildman–Crippen LogP) is 1.97. The van der Waals surface area contributed by atoms with Crippen molar-refractivity contribution in [3.63, 3.8) is 0 Å². The third-order valence-electron chi connectivity index (χ3n) is 4.47. The Balaban J connectivity index is 1.72. The van der Waals surface area contributed by atoms with Crippen molar-refractivity contribution in [3.8, 4) is 5.75 Å². The molecule has 1 aliphatic heterocycles. The van der Waals surface area contributed by atoms with Crippen molar-refractivity contribution in [2.45, 2.75) is 12.5 Å². The van der Waals surface area contributed by atoms with Crippen LogP contribution in [0, 0.1) is 0 Å². The SMILES string of the molecule is COc1ccc(NC(=O)c2ccnc(N(C)C3CCS(=O)(=O)C3)c2)cc1. The topological polar surface area (TPSA) is 88.6 Å². The van der Waals surface area contributed by atoms with Crippen LogP contribution in [0.5, 0.6) is 5.75 Å². The molecule has 1 unspecified atom stereocenters. The van der Waals surface area contributed by atoms with E-state index < -0.39 is 9.84 Å². The van der Waals surface area contributed by atoms with Gasteiger partial charge in [0, 0.05) is 30.5 Å². The standard InChI is InChI=1S/C18H21N3O4S/c1-21(15-8-10-26(23,24)12-15)17-11-13(7-9-19-17)18(22)20-14-3-5-16(25-2)6-4-14/h3-7,9,11,15H,8,10,12H2,1-2H3,(H,20,22). The van der Waals surface area contributed by atoms with Crippen LogP contribution in [0.1, 0.15) is 16.8 Å². The summed E-state index contributed by atoms with van der Waals surface area (Å²) in [5.41, 5.74) is 1.11. The monoisotopic (exact) mass is 375 g/mol. The van der Waals surface area contributed by atoms with Gasteiger partial charge in [0.2, 0.25) is 0 Å². The molecule has 0 bridgehead atoms. The number of benzene rings is 1. The van der Waals surface area contributed by atoms with Crippen LogP contribution in [0.3, 0.4) is 0 Å². The average molecular weight is 375 g/mol. The van der Waals surface area contributed by atoms with E-state index in [1.807, 2.05) is 4.90 Å². The number of aromatic nitrogens is 1. The van der Waals surface area contributed by atoms with E-state index in [1.54, 1.807) is 56.8 Å². The number of pyridine rings is 1. The molecule has 1 aromatic carbocycles. The number of methoxy groups -OCH3 is 1. The Bertz CT molecular complexity index is 897. The normalized spacial score (nSPS) is 18.3. The number of amides is 1. The summed E-state index contributed by atoms with van der Waals surface area (Å²) in [5.74, 6) is 1.34. The maximum Gasteiger partial charge on any atom is 0.255 e. The Kier molecular flexibility index (Phi) is 5.13. The maximum atomic E-state index is 12.5. The van der Waals surface area contributed by atoms with E-state index in [0.717, 1.165) is 0 Å². The number of hydrogen-bond acceptors (Lipinski definition) is 6. The molecule has 0 radical (unpaired) electrons. The molecular formula is C18H21N3O4S. The number of nitrogens with zero attached hydrogens (tertiary/aromatic N) is 2. The van der Waals surface area contributed by atoms with Gasteiger partial charge in [-0.3, -0.25) is 4.79 Å². The van der Waals surface area contributed by atoms with Crippen molar-refractivity contribution in [1.82, 2.24) is 4.98 Å². The van der Waals surface area contributed by atoms with Crippen molar-refractivity contribution in [1.29, 1.82) is 0 Å². The van der Waals surface area contributed by atoms with Crippen LogP contribution >= 0.6 is 0 Å². The summed E-state index contributed by atoms with van der Waals surface area (Å²) in [6, 6.07) is 10.2. The van der Waals surface area contributed by atoms with Gasteiger partial charge in [0.25, 0.3) is 5.91 Å². The highest BCUT2D eigenvalue weighted by Crippen LogP contribution is 2.22. The van der Waals surface area contributed by atoms with E-state index in [9.17, 15) is 13.2 Å². The molecular weight excluding hydrogens is 354 g/mol. The molecule has 1 fully saturated rings. The maximum absolute atomic E-state index is 12.5. The molecule has 3 rings (SSSR count). The van der Waals surface area contributed by atoms with Gasteiger partial charge in [0.05, 0.1) is 18.6 Å². The lowest BCUT2D eigenvalue weighted by atomic mass is 10.2. The zero-order valence-corrected chi connectivity index (χ0v) is 15.5. The number of carbonyl (C=O) groups excluding carboxylic acids is 1. The van der Waals surface area contributed by atoms with Gasteiger partial charge in [-0.1, -0.05) is 0 Å². The first-order chi connectivity index (χ1) is 12.4. The fourth-order valence-electron chi connectivity index (χ4n) is 2.90. The summed E-state index contributed by atoms with van der Waals surface area (Å²) in [6.07, 6.45) is 2.13. The van der Waals surface area contributed by atoms with Crippen LogP contribution in [0.25, 0.3) is 0 Å². The molecule has 26 heavy (non-hydrogen) atoms. The molecule has 138 valence electrons. The lowest BCUT2D eigenvalue weighted by Crippen LogP contribution is -2.33. The van der Waals surface area contributed by atoms with Crippen LogP contribution in [0.2, 0.25) is 0 Å². The van der Waals surface area contributed by atoms with Gasteiger partial charge in [-0.15, -0.1) is 0 Å². The summed E-state index contributed by atoms with van der Waals surface area (Å²) >= 11 is 0. The largest absolute Gasteiger partial charge is 0.497 e. The molecule has 1 saturated heterocycles. The molecule has 0 saturated carbocycles. The minimum Gasteiger partial charge on any atom is -0.497 e. The first-order valence-corrected chi connectivity index (χ1v) is 10.0. The number of anilines is 2. The van der Waals surface area contributed by atoms with Crippen LogP contribution in [0.15, 0.2) is 42.6 Å². The van der Waals surface area contributed by atoms with Crippen LogP contribution in [-0.2, 0) is 9.84 Å². The van der Waals surface area contributed by atoms with Crippen molar-refractivity contribution >= 4 is 27.2 Å². The second kappa shape index (κ2) is 7.33. The van der Waals surface area contributed by atoms with E-state index >= 15 is 0 Å². The molecule has 1 atom stereocenters. The number of carbonyl (C=O) groups is 1. The quantitative estimate of drug-likeness (QED) is 0.859. The smallest absolute Gasteiger partial charge is 0.255 e. The Morgan fingerprint density at radius 3 is 2.62 bits per heavy atom. The molecule has 2 aromatic rings. The predicted molar refractivity (Wildman–Crippen MR) is 101 cm³/mol. The molecule has 2 heterocycles. The third-order valence-corrected chi connectivity index (χ3v) is 6.22. The average Bonchev–Trinajstić information content (AvgIpc) is 3.01. The van der Waals surface area contributed by atoms with Crippen LogP contribution < -0.4 is 15.0 Å². The number of ether oxygens (including phenoxy) is 1. The zero-order chi connectivity index (χ0) is 18.7.